The second-order valence-corrected chi connectivity index (χ2v) is 17.8. The zero-order valence-corrected chi connectivity index (χ0v) is 38.5. The largest absolute Gasteiger partial charge is 0.756 e. The van der Waals surface area contributed by atoms with Gasteiger partial charge in [-0.15, -0.1) is 0 Å². The summed E-state index contributed by atoms with van der Waals surface area (Å²) in [6, 6.07) is 0. The summed E-state index contributed by atoms with van der Waals surface area (Å²) in [5, 5.41) is 0. The number of carbonyl (C=O) groups excluding carboxylic acids is 2. The first-order chi connectivity index (χ1) is 28.5. The Bertz CT molecular complexity index is 1300. The van der Waals surface area contributed by atoms with E-state index in [0.717, 1.165) is 70.6 Å². The van der Waals surface area contributed by atoms with Crippen molar-refractivity contribution in [1.29, 1.82) is 0 Å². The summed E-state index contributed by atoms with van der Waals surface area (Å²) in [6.45, 7) is 4.01. The predicted molar refractivity (Wildman–Crippen MR) is 240 cm³/mol. The molecule has 0 aromatic carbocycles. The molecule has 1 rings (SSSR count). The van der Waals surface area contributed by atoms with Gasteiger partial charge in [-0.3, -0.25) is 14.2 Å². The molecule has 1 aliphatic rings. The summed E-state index contributed by atoms with van der Waals surface area (Å²) in [4.78, 5) is 37.5. The molecule has 0 aliphatic carbocycles. The van der Waals surface area contributed by atoms with Crippen LogP contribution in [-0.4, -0.2) is 82.2 Å². The van der Waals surface area contributed by atoms with Gasteiger partial charge < -0.3 is 32.6 Å². The molecule has 1 aliphatic heterocycles. The molecule has 1 fully saturated rings. The fraction of sp³-hybridized carbons (Fsp3) is 0.708. The number of nitrogens with zero attached hydrogens (tertiary/aromatic N) is 1. The van der Waals surface area contributed by atoms with Crippen LogP contribution in [0.1, 0.15) is 155 Å². The van der Waals surface area contributed by atoms with Crippen molar-refractivity contribution >= 4 is 19.8 Å². The van der Waals surface area contributed by atoms with E-state index in [0.29, 0.717) is 36.1 Å². The minimum atomic E-state index is -4.65. The van der Waals surface area contributed by atoms with Crippen LogP contribution in [0.3, 0.4) is 0 Å². The molecule has 338 valence electrons. The Morgan fingerprint density at radius 2 is 1.15 bits per heavy atom. The van der Waals surface area contributed by atoms with E-state index in [1.807, 2.05) is 33.3 Å². The lowest BCUT2D eigenvalue weighted by molar-refractivity contribution is -0.870. The Morgan fingerprint density at radius 1 is 0.627 bits per heavy atom. The Morgan fingerprint density at radius 3 is 1.71 bits per heavy atom. The van der Waals surface area contributed by atoms with Crippen molar-refractivity contribution in [3.05, 3.63) is 72.9 Å². The summed E-state index contributed by atoms with van der Waals surface area (Å²) in [5.74, 6) is -0.952. The van der Waals surface area contributed by atoms with Gasteiger partial charge in [-0.05, 0) is 77.0 Å². The van der Waals surface area contributed by atoms with Gasteiger partial charge in [-0.1, -0.05) is 138 Å². The molecule has 0 aromatic rings. The molecular formula is C48H82NO9P. The normalized spacial score (nSPS) is 17.7. The highest BCUT2D eigenvalue weighted by Gasteiger charge is 2.35. The molecule has 0 saturated carbocycles. The lowest BCUT2D eigenvalue weighted by atomic mass is 10.1. The maximum Gasteiger partial charge on any atom is 0.306 e. The van der Waals surface area contributed by atoms with Crippen LogP contribution >= 0.6 is 7.82 Å². The van der Waals surface area contributed by atoms with Gasteiger partial charge in [0.05, 0.1) is 40.0 Å². The van der Waals surface area contributed by atoms with Crippen LogP contribution in [0.2, 0.25) is 0 Å². The van der Waals surface area contributed by atoms with Crippen molar-refractivity contribution in [2.45, 2.75) is 173 Å². The number of quaternary nitrogens is 1. The highest BCUT2D eigenvalue weighted by molar-refractivity contribution is 7.45. The van der Waals surface area contributed by atoms with Crippen molar-refractivity contribution in [1.82, 2.24) is 0 Å². The second-order valence-electron chi connectivity index (χ2n) is 16.4. The number of unbranched alkanes of at least 4 members (excludes halogenated alkanes) is 11. The fourth-order valence-electron chi connectivity index (χ4n) is 5.98. The smallest absolute Gasteiger partial charge is 0.306 e. The van der Waals surface area contributed by atoms with E-state index in [4.69, 9.17) is 23.3 Å². The van der Waals surface area contributed by atoms with E-state index in [2.05, 4.69) is 74.6 Å². The van der Waals surface area contributed by atoms with Gasteiger partial charge in [0.25, 0.3) is 7.82 Å². The van der Waals surface area contributed by atoms with E-state index in [-0.39, 0.29) is 26.1 Å². The van der Waals surface area contributed by atoms with Gasteiger partial charge in [-0.2, -0.15) is 0 Å². The molecule has 4 unspecified atom stereocenters. The Labute approximate surface area is 359 Å². The van der Waals surface area contributed by atoms with Gasteiger partial charge in [0, 0.05) is 12.8 Å². The van der Waals surface area contributed by atoms with E-state index < -0.39 is 32.5 Å². The summed E-state index contributed by atoms with van der Waals surface area (Å²) in [6.07, 6.45) is 47.1. The number of phosphoric ester groups is 1. The summed E-state index contributed by atoms with van der Waals surface area (Å²) < 4.78 is 39.3. The SMILES string of the molecule is CCCCCCCC/C=C\CCCCCCCC(=O)OCC(COP(=O)([O-])OCC[N+](C)(C)C)OC(=O)CC/C=C\C/C=C\C/C=C\C/C=C\C/C=C\CC1OC1CC. The first kappa shape index (κ1) is 54.4. The molecule has 10 nitrogen and oxygen atoms in total. The Balaban J connectivity index is 2.32. The highest BCUT2D eigenvalue weighted by Crippen LogP contribution is 2.38. The second kappa shape index (κ2) is 36.1. The number of ether oxygens (including phenoxy) is 3. The number of epoxide rings is 1. The zero-order valence-electron chi connectivity index (χ0n) is 37.6. The first-order valence-corrected chi connectivity index (χ1v) is 24.2. The summed E-state index contributed by atoms with van der Waals surface area (Å²) >= 11 is 0. The van der Waals surface area contributed by atoms with E-state index in [1.54, 1.807) is 0 Å². The minimum absolute atomic E-state index is 0.0508. The quantitative estimate of drug-likeness (QED) is 0.0148. The number of hydrogen-bond donors (Lipinski definition) is 0. The molecule has 0 amide bonds. The molecular weight excluding hydrogens is 765 g/mol. The summed E-state index contributed by atoms with van der Waals surface area (Å²) in [7, 11) is 1.10. The van der Waals surface area contributed by atoms with E-state index in [1.165, 1.54) is 44.9 Å². The van der Waals surface area contributed by atoms with Gasteiger partial charge in [-0.25, -0.2) is 0 Å². The topological polar surface area (TPSA) is 124 Å². The molecule has 0 spiro atoms. The standard InChI is InChI=1S/C48H82NO9P/c1-6-8-9-10-11-12-13-14-16-20-23-26-29-32-35-38-47(50)54-42-44(43-56-59(52,53)55-41-40-49(3,4)5)57-48(51)39-36-33-30-27-24-21-18-15-17-19-22-25-28-31-34-37-46-45(7-2)58-46/h14-17,21-22,24-25,30-31,33-34,44-46H,6-13,18-20,23,26-29,32,35-43H2,1-5H3/b16-14-,17-15-,24-21-,25-22-,33-30-,34-31-. The van der Waals surface area contributed by atoms with Crippen molar-refractivity contribution in [2.75, 3.05) is 47.5 Å². The molecule has 0 radical (unpaired) electrons. The van der Waals surface area contributed by atoms with Crippen LogP contribution in [0.5, 0.6) is 0 Å². The molecule has 0 N–H and O–H groups in total. The van der Waals surface area contributed by atoms with Crippen molar-refractivity contribution in [3.63, 3.8) is 0 Å². The number of carbonyl (C=O) groups is 2. The fourth-order valence-corrected chi connectivity index (χ4v) is 6.70. The van der Waals surface area contributed by atoms with Crippen LogP contribution in [0.4, 0.5) is 0 Å². The van der Waals surface area contributed by atoms with Gasteiger partial charge in [0.1, 0.15) is 19.8 Å². The third-order valence-electron chi connectivity index (χ3n) is 9.70. The molecule has 1 saturated heterocycles. The molecule has 0 bridgehead atoms. The van der Waals surface area contributed by atoms with Crippen LogP contribution in [0.15, 0.2) is 72.9 Å². The van der Waals surface area contributed by atoms with Crippen LogP contribution in [-0.2, 0) is 37.4 Å². The zero-order chi connectivity index (χ0) is 43.3. The number of hydrogen-bond acceptors (Lipinski definition) is 9. The van der Waals surface area contributed by atoms with Gasteiger partial charge in [0.15, 0.2) is 6.10 Å². The molecule has 4 atom stereocenters. The van der Waals surface area contributed by atoms with E-state index in [9.17, 15) is 19.0 Å². The van der Waals surface area contributed by atoms with Crippen LogP contribution in [0, 0.1) is 0 Å². The van der Waals surface area contributed by atoms with Crippen molar-refractivity contribution < 1.29 is 46.8 Å². The number of likely N-dealkylation sites (N-methyl/N-ethyl adjacent to an activating group) is 1. The molecule has 11 heteroatoms. The molecule has 0 aromatic heterocycles. The number of phosphoric acid groups is 1. The maximum atomic E-state index is 12.7. The summed E-state index contributed by atoms with van der Waals surface area (Å²) in [5.41, 5.74) is 0. The number of allylic oxidation sites excluding steroid dienone is 11. The maximum absolute atomic E-state index is 12.7. The van der Waals surface area contributed by atoms with Gasteiger partial charge in [0.2, 0.25) is 0 Å². The monoisotopic (exact) mass is 848 g/mol. The number of esters is 2. The molecule has 1 heterocycles. The van der Waals surface area contributed by atoms with Gasteiger partial charge >= 0.3 is 11.9 Å². The van der Waals surface area contributed by atoms with Crippen molar-refractivity contribution in [2.24, 2.45) is 0 Å². The van der Waals surface area contributed by atoms with E-state index >= 15 is 0 Å². The Hall–Kier alpha value is -2.59. The van der Waals surface area contributed by atoms with Crippen LogP contribution < -0.4 is 4.89 Å². The highest BCUT2D eigenvalue weighted by atomic mass is 31.2. The predicted octanol–water partition coefficient (Wildman–Crippen LogP) is 11.4. The average Bonchev–Trinajstić information content (AvgIpc) is 3.96. The third kappa shape index (κ3) is 36.9. The third-order valence-corrected chi connectivity index (χ3v) is 10.7. The molecule has 59 heavy (non-hydrogen) atoms. The lowest BCUT2D eigenvalue weighted by Crippen LogP contribution is -2.37. The minimum Gasteiger partial charge on any atom is -0.756 e. The first-order valence-electron chi connectivity index (χ1n) is 22.8. The number of rotatable bonds is 39. The van der Waals surface area contributed by atoms with Crippen molar-refractivity contribution in [3.8, 4) is 0 Å². The Kier molecular flexibility index (Phi) is 33.3. The lowest BCUT2D eigenvalue weighted by Gasteiger charge is -2.28. The van der Waals surface area contributed by atoms with Crippen LogP contribution in [0.25, 0.3) is 0 Å². The average molecular weight is 848 g/mol.